The van der Waals surface area contributed by atoms with Gasteiger partial charge in [-0.2, -0.15) is 18.4 Å². The summed E-state index contributed by atoms with van der Waals surface area (Å²) in [5, 5.41) is 8.84. The Labute approximate surface area is 163 Å². The largest absolute Gasteiger partial charge is 0.457 e. The van der Waals surface area contributed by atoms with Crippen molar-refractivity contribution in [3.05, 3.63) is 72.2 Å². The first kappa shape index (κ1) is 19.8. The fourth-order valence-corrected chi connectivity index (χ4v) is 2.33. The fourth-order valence-electron chi connectivity index (χ4n) is 2.33. The Morgan fingerprint density at radius 2 is 1.97 bits per heavy atom. The maximum absolute atomic E-state index is 12.6. The molecular weight excluding hydrogens is 387 g/mol. The van der Waals surface area contributed by atoms with E-state index in [1.807, 2.05) is 6.07 Å². The number of anilines is 1. The fraction of sp³-hybridized carbons (Fsp3) is 0.105. The number of ether oxygens (including phenoxy) is 1. The average molecular weight is 401 g/mol. The van der Waals surface area contributed by atoms with Gasteiger partial charge >= 0.3 is 12.2 Å². The van der Waals surface area contributed by atoms with E-state index >= 15 is 0 Å². The molecule has 7 nitrogen and oxygen atoms in total. The van der Waals surface area contributed by atoms with Crippen LogP contribution in [0.4, 0.5) is 23.7 Å². The summed E-state index contributed by atoms with van der Waals surface area (Å²) in [4.78, 5) is 17.0. The summed E-state index contributed by atoms with van der Waals surface area (Å²) in [6, 6.07) is 11.0. The molecule has 1 aliphatic heterocycles. The molecule has 0 saturated heterocycles. The van der Waals surface area contributed by atoms with Crippen molar-refractivity contribution in [3.8, 4) is 17.6 Å². The Morgan fingerprint density at radius 3 is 2.59 bits per heavy atom. The van der Waals surface area contributed by atoms with Crippen molar-refractivity contribution >= 4 is 11.7 Å². The highest BCUT2D eigenvalue weighted by Crippen LogP contribution is 2.28. The number of hydrazine groups is 1. The van der Waals surface area contributed by atoms with Crippen molar-refractivity contribution in [3.63, 3.8) is 0 Å². The SMILES string of the molecule is N#Cc1cc(Oc2ccc(NNC(=O)N3C=CC(C(F)(F)F)=CC3)cc2)ccn1. The third-order valence-electron chi connectivity index (χ3n) is 3.78. The van der Waals surface area contributed by atoms with Gasteiger partial charge in [0, 0.05) is 25.0 Å². The molecule has 0 bridgehead atoms. The van der Waals surface area contributed by atoms with Crippen LogP contribution < -0.4 is 15.6 Å². The zero-order valence-corrected chi connectivity index (χ0v) is 14.8. The standard InChI is InChI=1S/C19H14F3N5O2/c20-19(21,22)13-6-9-27(10-7-13)18(28)26-25-14-1-3-16(4-2-14)29-17-5-8-24-15(11-17)12-23/h1-9,11,25H,10H2,(H,26,28). The molecule has 1 aromatic carbocycles. The van der Waals surface area contributed by atoms with E-state index in [0.29, 0.717) is 17.2 Å². The van der Waals surface area contributed by atoms with E-state index in [9.17, 15) is 18.0 Å². The van der Waals surface area contributed by atoms with E-state index in [2.05, 4.69) is 15.8 Å². The molecule has 0 atom stereocenters. The summed E-state index contributed by atoms with van der Waals surface area (Å²) in [6.07, 6.45) is -0.135. The zero-order valence-electron chi connectivity index (χ0n) is 14.8. The highest BCUT2D eigenvalue weighted by atomic mass is 19.4. The number of benzene rings is 1. The Balaban J connectivity index is 1.52. The van der Waals surface area contributed by atoms with Crippen LogP contribution in [-0.2, 0) is 0 Å². The lowest BCUT2D eigenvalue weighted by molar-refractivity contribution is -0.0888. The van der Waals surface area contributed by atoms with E-state index in [4.69, 9.17) is 10.00 Å². The Hall–Kier alpha value is -4.00. The molecule has 2 aromatic rings. The number of aromatic nitrogens is 1. The molecule has 1 aliphatic rings. The molecule has 2 N–H and O–H groups in total. The molecular formula is C19H14F3N5O2. The quantitative estimate of drug-likeness (QED) is 0.753. The van der Waals surface area contributed by atoms with Gasteiger partial charge in [-0.15, -0.1) is 0 Å². The first-order valence-corrected chi connectivity index (χ1v) is 8.27. The first-order valence-electron chi connectivity index (χ1n) is 8.27. The number of allylic oxidation sites excluding steroid dienone is 2. The number of halogens is 3. The molecule has 0 unspecified atom stereocenters. The maximum Gasteiger partial charge on any atom is 0.416 e. The molecule has 148 valence electrons. The van der Waals surface area contributed by atoms with Gasteiger partial charge in [-0.1, -0.05) is 6.08 Å². The maximum atomic E-state index is 12.6. The van der Waals surface area contributed by atoms with Gasteiger partial charge in [-0.25, -0.2) is 9.78 Å². The van der Waals surface area contributed by atoms with Crippen LogP contribution in [0, 0.1) is 11.3 Å². The number of nitrogens with zero attached hydrogens (tertiary/aromatic N) is 3. The summed E-state index contributed by atoms with van der Waals surface area (Å²) in [5.74, 6) is 0.953. The van der Waals surface area contributed by atoms with E-state index < -0.39 is 17.8 Å². The van der Waals surface area contributed by atoms with Crippen molar-refractivity contribution < 1.29 is 22.7 Å². The molecule has 0 fully saturated rings. The lowest BCUT2D eigenvalue weighted by Crippen LogP contribution is -2.40. The van der Waals surface area contributed by atoms with Crippen LogP contribution in [0.2, 0.25) is 0 Å². The Bertz CT molecular complexity index is 994. The summed E-state index contributed by atoms with van der Waals surface area (Å²) in [5.41, 5.74) is 5.03. The van der Waals surface area contributed by atoms with Crippen LogP contribution in [0.15, 0.2) is 66.5 Å². The Kier molecular flexibility index (Phi) is 5.69. The van der Waals surface area contributed by atoms with Crippen LogP contribution in [-0.4, -0.2) is 28.6 Å². The third-order valence-corrected chi connectivity index (χ3v) is 3.78. The molecule has 2 amide bonds. The lowest BCUT2D eigenvalue weighted by atomic mass is 10.2. The number of alkyl halides is 3. The van der Waals surface area contributed by atoms with Gasteiger partial charge < -0.3 is 4.74 Å². The minimum Gasteiger partial charge on any atom is -0.457 e. The average Bonchev–Trinajstić information content (AvgIpc) is 2.72. The molecule has 10 heteroatoms. The second-order valence-corrected chi connectivity index (χ2v) is 5.80. The second-order valence-electron chi connectivity index (χ2n) is 5.80. The lowest BCUT2D eigenvalue weighted by Gasteiger charge is -2.22. The predicted molar refractivity (Wildman–Crippen MR) is 97.6 cm³/mol. The molecule has 3 rings (SSSR count). The number of nitrogens with one attached hydrogen (secondary N) is 2. The minimum atomic E-state index is -4.44. The predicted octanol–water partition coefficient (Wildman–Crippen LogP) is 4.10. The van der Waals surface area contributed by atoms with Crippen molar-refractivity contribution in [2.24, 2.45) is 0 Å². The third kappa shape index (κ3) is 5.26. The van der Waals surface area contributed by atoms with Gasteiger partial charge in [-0.3, -0.25) is 15.8 Å². The zero-order chi connectivity index (χ0) is 20.9. The topological polar surface area (TPSA) is 90.3 Å². The van der Waals surface area contributed by atoms with Crippen LogP contribution >= 0.6 is 0 Å². The molecule has 2 heterocycles. The monoisotopic (exact) mass is 401 g/mol. The number of carbonyl (C=O) groups is 1. The molecule has 1 aromatic heterocycles. The number of urea groups is 1. The minimum absolute atomic E-state index is 0.192. The number of nitriles is 1. The molecule has 0 radical (unpaired) electrons. The number of hydrogen-bond acceptors (Lipinski definition) is 5. The van der Waals surface area contributed by atoms with E-state index in [1.165, 1.54) is 12.3 Å². The van der Waals surface area contributed by atoms with E-state index in [1.54, 1.807) is 30.3 Å². The summed E-state index contributed by atoms with van der Waals surface area (Å²) < 4.78 is 43.3. The summed E-state index contributed by atoms with van der Waals surface area (Å²) >= 11 is 0. The molecule has 29 heavy (non-hydrogen) atoms. The van der Waals surface area contributed by atoms with Crippen LogP contribution in [0.1, 0.15) is 5.69 Å². The second kappa shape index (κ2) is 8.35. The highest BCUT2D eigenvalue weighted by molar-refractivity contribution is 5.77. The van der Waals surface area contributed by atoms with Crippen molar-refractivity contribution in [2.75, 3.05) is 12.0 Å². The van der Waals surface area contributed by atoms with Crippen LogP contribution in [0.5, 0.6) is 11.5 Å². The Morgan fingerprint density at radius 1 is 1.21 bits per heavy atom. The van der Waals surface area contributed by atoms with Crippen molar-refractivity contribution in [1.82, 2.24) is 15.3 Å². The number of amides is 2. The molecule has 0 saturated carbocycles. The van der Waals surface area contributed by atoms with Gasteiger partial charge in [0.2, 0.25) is 0 Å². The highest BCUT2D eigenvalue weighted by Gasteiger charge is 2.33. The van der Waals surface area contributed by atoms with Crippen LogP contribution in [0.3, 0.4) is 0 Å². The first-order chi connectivity index (χ1) is 13.8. The van der Waals surface area contributed by atoms with Gasteiger partial charge in [0.1, 0.15) is 23.3 Å². The number of hydrogen-bond donors (Lipinski definition) is 2. The van der Waals surface area contributed by atoms with E-state index in [-0.39, 0.29) is 12.2 Å². The number of rotatable bonds is 4. The summed E-state index contributed by atoms with van der Waals surface area (Å²) in [6.45, 7) is -0.192. The number of pyridine rings is 1. The van der Waals surface area contributed by atoms with Crippen molar-refractivity contribution in [2.45, 2.75) is 6.18 Å². The van der Waals surface area contributed by atoms with Gasteiger partial charge in [0.15, 0.2) is 0 Å². The van der Waals surface area contributed by atoms with Crippen LogP contribution in [0.25, 0.3) is 0 Å². The van der Waals surface area contributed by atoms with Gasteiger partial charge in [0.25, 0.3) is 0 Å². The van der Waals surface area contributed by atoms with Crippen molar-refractivity contribution in [1.29, 1.82) is 5.26 Å². The molecule has 0 spiro atoms. The van der Waals surface area contributed by atoms with E-state index in [0.717, 1.165) is 23.3 Å². The normalized spacial score (nSPS) is 13.3. The number of carbonyl (C=O) groups excluding carboxylic acids is 1. The molecule has 0 aliphatic carbocycles. The summed E-state index contributed by atoms with van der Waals surface area (Å²) in [7, 11) is 0. The smallest absolute Gasteiger partial charge is 0.416 e. The van der Waals surface area contributed by atoms with Gasteiger partial charge in [0.05, 0.1) is 11.3 Å². The van der Waals surface area contributed by atoms with Gasteiger partial charge in [-0.05, 0) is 36.4 Å².